The Kier molecular flexibility index (Phi) is 2.89. The van der Waals surface area contributed by atoms with Gasteiger partial charge in [0.1, 0.15) is 11.6 Å². The standard InChI is InChI=1S/C13H18FNO/c1-9-6-10(16-2)7-11(12(9)14)13(8-15)4-3-5-13/h6-7H,3-5,8,15H2,1-2H3. The van der Waals surface area contributed by atoms with E-state index in [1.54, 1.807) is 26.2 Å². The molecule has 16 heavy (non-hydrogen) atoms. The molecule has 1 aliphatic rings. The number of ether oxygens (including phenoxy) is 1. The van der Waals surface area contributed by atoms with E-state index in [-0.39, 0.29) is 11.2 Å². The summed E-state index contributed by atoms with van der Waals surface area (Å²) in [5.41, 5.74) is 7.02. The van der Waals surface area contributed by atoms with E-state index in [4.69, 9.17) is 10.5 Å². The van der Waals surface area contributed by atoms with Gasteiger partial charge in [-0.05, 0) is 43.0 Å². The third-order valence-electron chi connectivity index (χ3n) is 3.74. The summed E-state index contributed by atoms with van der Waals surface area (Å²) in [6.45, 7) is 2.28. The van der Waals surface area contributed by atoms with Crippen molar-refractivity contribution >= 4 is 0 Å². The quantitative estimate of drug-likeness (QED) is 0.854. The topological polar surface area (TPSA) is 35.2 Å². The minimum Gasteiger partial charge on any atom is -0.497 e. The highest BCUT2D eigenvalue weighted by Gasteiger charge is 2.39. The minimum absolute atomic E-state index is 0.119. The zero-order chi connectivity index (χ0) is 11.8. The molecule has 3 heteroatoms. The Labute approximate surface area is 95.6 Å². The summed E-state index contributed by atoms with van der Waals surface area (Å²) in [6, 6.07) is 3.52. The number of halogens is 1. The number of hydrogen-bond acceptors (Lipinski definition) is 2. The Morgan fingerprint density at radius 2 is 2.12 bits per heavy atom. The molecule has 0 atom stereocenters. The summed E-state index contributed by atoms with van der Waals surface area (Å²) < 4.78 is 19.3. The molecule has 2 N–H and O–H groups in total. The predicted octanol–water partition coefficient (Wildman–Crippen LogP) is 2.52. The van der Waals surface area contributed by atoms with Crippen molar-refractivity contribution in [1.29, 1.82) is 0 Å². The van der Waals surface area contributed by atoms with Crippen LogP contribution in [0.2, 0.25) is 0 Å². The zero-order valence-corrected chi connectivity index (χ0v) is 9.85. The molecule has 2 rings (SSSR count). The van der Waals surface area contributed by atoms with Gasteiger partial charge in [-0.1, -0.05) is 6.42 Å². The van der Waals surface area contributed by atoms with Crippen LogP contribution in [0.15, 0.2) is 12.1 Å². The van der Waals surface area contributed by atoms with Gasteiger partial charge in [0.2, 0.25) is 0 Å². The van der Waals surface area contributed by atoms with E-state index in [2.05, 4.69) is 0 Å². The fraction of sp³-hybridized carbons (Fsp3) is 0.538. The van der Waals surface area contributed by atoms with E-state index in [9.17, 15) is 4.39 Å². The molecule has 2 nitrogen and oxygen atoms in total. The van der Waals surface area contributed by atoms with Crippen molar-refractivity contribution in [1.82, 2.24) is 0 Å². The highest BCUT2D eigenvalue weighted by Crippen LogP contribution is 2.45. The molecule has 0 bridgehead atoms. The molecule has 0 spiro atoms. The SMILES string of the molecule is COc1cc(C)c(F)c(C2(CN)CCC2)c1. The highest BCUT2D eigenvalue weighted by molar-refractivity contribution is 5.41. The second-order valence-electron chi connectivity index (χ2n) is 4.64. The molecule has 1 fully saturated rings. The van der Waals surface area contributed by atoms with E-state index < -0.39 is 0 Å². The monoisotopic (exact) mass is 223 g/mol. The van der Waals surface area contributed by atoms with Crippen molar-refractivity contribution in [2.75, 3.05) is 13.7 Å². The molecule has 1 aliphatic carbocycles. The number of hydrogen-bond donors (Lipinski definition) is 1. The van der Waals surface area contributed by atoms with E-state index in [1.165, 1.54) is 0 Å². The Morgan fingerprint density at radius 1 is 1.44 bits per heavy atom. The molecule has 0 saturated heterocycles. The molecule has 0 unspecified atom stereocenters. The lowest BCUT2D eigenvalue weighted by molar-refractivity contribution is 0.243. The maximum Gasteiger partial charge on any atom is 0.130 e. The van der Waals surface area contributed by atoms with Gasteiger partial charge in [0, 0.05) is 12.0 Å². The molecule has 0 amide bonds. The van der Waals surface area contributed by atoms with E-state index >= 15 is 0 Å². The zero-order valence-electron chi connectivity index (χ0n) is 9.85. The van der Waals surface area contributed by atoms with Crippen LogP contribution in [-0.2, 0) is 5.41 Å². The van der Waals surface area contributed by atoms with Gasteiger partial charge in [0.15, 0.2) is 0 Å². The van der Waals surface area contributed by atoms with Crippen molar-refractivity contribution in [2.24, 2.45) is 5.73 Å². The van der Waals surface area contributed by atoms with Gasteiger partial charge in [-0.25, -0.2) is 4.39 Å². The van der Waals surface area contributed by atoms with Crippen LogP contribution in [0.4, 0.5) is 4.39 Å². The summed E-state index contributed by atoms with van der Waals surface area (Å²) >= 11 is 0. The third kappa shape index (κ3) is 1.59. The lowest BCUT2D eigenvalue weighted by Gasteiger charge is -2.42. The average molecular weight is 223 g/mol. The number of aryl methyl sites for hydroxylation is 1. The van der Waals surface area contributed by atoms with Crippen molar-refractivity contribution in [3.05, 3.63) is 29.1 Å². The minimum atomic E-state index is -0.149. The second-order valence-corrected chi connectivity index (χ2v) is 4.64. The van der Waals surface area contributed by atoms with Crippen LogP contribution >= 0.6 is 0 Å². The fourth-order valence-corrected chi connectivity index (χ4v) is 2.43. The number of nitrogens with two attached hydrogens (primary N) is 1. The largest absolute Gasteiger partial charge is 0.497 e. The number of rotatable bonds is 3. The Balaban J connectivity index is 2.50. The predicted molar refractivity (Wildman–Crippen MR) is 62.3 cm³/mol. The summed E-state index contributed by atoms with van der Waals surface area (Å²) in [6.07, 6.45) is 3.09. The summed E-state index contributed by atoms with van der Waals surface area (Å²) in [5, 5.41) is 0. The molecular formula is C13H18FNO. The summed E-state index contributed by atoms with van der Waals surface area (Å²) in [7, 11) is 1.60. The van der Waals surface area contributed by atoms with Crippen LogP contribution in [0.1, 0.15) is 30.4 Å². The van der Waals surface area contributed by atoms with Gasteiger partial charge in [-0.15, -0.1) is 0 Å². The summed E-state index contributed by atoms with van der Waals surface area (Å²) in [4.78, 5) is 0. The van der Waals surface area contributed by atoms with Crippen LogP contribution in [-0.4, -0.2) is 13.7 Å². The van der Waals surface area contributed by atoms with Gasteiger partial charge in [0.05, 0.1) is 7.11 Å². The van der Waals surface area contributed by atoms with Gasteiger partial charge >= 0.3 is 0 Å². The number of benzene rings is 1. The molecule has 88 valence electrons. The van der Waals surface area contributed by atoms with Crippen molar-refractivity contribution in [3.63, 3.8) is 0 Å². The first-order valence-electron chi connectivity index (χ1n) is 5.67. The lowest BCUT2D eigenvalue weighted by atomic mass is 9.64. The second kappa shape index (κ2) is 4.06. The molecule has 0 aromatic heterocycles. The first kappa shape index (κ1) is 11.4. The Morgan fingerprint density at radius 3 is 2.56 bits per heavy atom. The van der Waals surface area contributed by atoms with Crippen LogP contribution in [0.5, 0.6) is 5.75 Å². The molecular weight excluding hydrogens is 205 g/mol. The average Bonchev–Trinajstić information content (AvgIpc) is 2.23. The van der Waals surface area contributed by atoms with Crippen LogP contribution < -0.4 is 10.5 Å². The molecule has 1 aromatic carbocycles. The van der Waals surface area contributed by atoms with Gasteiger partial charge < -0.3 is 10.5 Å². The molecule has 1 saturated carbocycles. The third-order valence-corrected chi connectivity index (χ3v) is 3.74. The van der Waals surface area contributed by atoms with Crippen molar-refractivity contribution in [2.45, 2.75) is 31.6 Å². The fourth-order valence-electron chi connectivity index (χ4n) is 2.43. The normalized spacial score (nSPS) is 18.0. The van der Waals surface area contributed by atoms with E-state index in [0.717, 1.165) is 24.8 Å². The first-order valence-corrected chi connectivity index (χ1v) is 5.67. The number of methoxy groups -OCH3 is 1. The first-order chi connectivity index (χ1) is 7.63. The van der Waals surface area contributed by atoms with Crippen molar-refractivity contribution < 1.29 is 9.13 Å². The molecule has 0 heterocycles. The molecule has 0 aliphatic heterocycles. The van der Waals surface area contributed by atoms with E-state index in [0.29, 0.717) is 17.9 Å². The highest BCUT2D eigenvalue weighted by atomic mass is 19.1. The lowest BCUT2D eigenvalue weighted by Crippen LogP contribution is -2.42. The van der Waals surface area contributed by atoms with Gasteiger partial charge in [-0.3, -0.25) is 0 Å². The van der Waals surface area contributed by atoms with Crippen LogP contribution in [0, 0.1) is 12.7 Å². The Hall–Kier alpha value is -1.09. The smallest absolute Gasteiger partial charge is 0.130 e. The molecule has 0 radical (unpaired) electrons. The van der Waals surface area contributed by atoms with E-state index in [1.807, 2.05) is 0 Å². The van der Waals surface area contributed by atoms with Gasteiger partial charge in [-0.2, -0.15) is 0 Å². The Bertz CT molecular complexity index is 394. The van der Waals surface area contributed by atoms with Crippen LogP contribution in [0.25, 0.3) is 0 Å². The maximum absolute atomic E-state index is 14.1. The van der Waals surface area contributed by atoms with Crippen molar-refractivity contribution in [3.8, 4) is 5.75 Å². The van der Waals surface area contributed by atoms with Gasteiger partial charge in [0.25, 0.3) is 0 Å². The summed E-state index contributed by atoms with van der Waals surface area (Å²) in [5.74, 6) is 0.597. The molecule has 1 aromatic rings. The van der Waals surface area contributed by atoms with Crippen LogP contribution in [0.3, 0.4) is 0 Å². The maximum atomic E-state index is 14.1.